The van der Waals surface area contributed by atoms with Crippen molar-refractivity contribution in [3.05, 3.63) is 72.7 Å². The summed E-state index contributed by atoms with van der Waals surface area (Å²) >= 11 is 0. The number of urea groups is 1. The van der Waals surface area contributed by atoms with E-state index in [-0.39, 0.29) is 18.0 Å². The van der Waals surface area contributed by atoms with Gasteiger partial charge in [0.15, 0.2) is 5.82 Å². The lowest BCUT2D eigenvalue weighted by Gasteiger charge is -2.25. The molecule has 4 rings (SSSR count). The van der Waals surface area contributed by atoms with Crippen LogP contribution >= 0.6 is 0 Å². The number of nitrogens with one attached hydrogen (secondary N) is 2. The summed E-state index contributed by atoms with van der Waals surface area (Å²) < 4.78 is 1.64. The third-order valence-electron chi connectivity index (χ3n) is 4.83. The second-order valence-corrected chi connectivity index (χ2v) is 6.86. The molecule has 1 aliphatic heterocycles. The number of aromatic nitrogens is 3. The van der Waals surface area contributed by atoms with E-state index < -0.39 is 0 Å². The molecule has 148 valence electrons. The molecular formula is C21H22N6O2. The van der Waals surface area contributed by atoms with Gasteiger partial charge in [-0.15, -0.1) is 0 Å². The molecule has 1 aliphatic rings. The third kappa shape index (κ3) is 4.60. The van der Waals surface area contributed by atoms with Crippen molar-refractivity contribution in [2.24, 2.45) is 0 Å². The Kier molecular flexibility index (Phi) is 5.51. The monoisotopic (exact) mass is 390 g/mol. The molecule has 2 aromatic heterocycles. The Morgan fingerprint density at radius 3 is 2.66 bits per heavy atom. The van der Waals surface area contributed by atoms with E-state index in [1.165, 1.54) is 0 Å². The van der Waals surface area contributed by atoms with Gasteiger partial charge in [-0.2, -0.15) is 5.10 Å². The van der Waals surface area contributed by atoms with Gasteiger partial charge in [0.2, 0.25) is 5.91 Å². The van der Waals surface area contributed by atoms with Crippen LogP contribution in [0.2, 0.25) is 0 Å². The summed E-state index contributed by atoms with van der Waals surface area (Å²) in [7, 11) is 0. The summed E-state index contributed by atoms with van der Waals surface area (Å²) in [5.74, 6) is 0.794. The molecule has 3 amide bonds. The van der Waals surface area contributed by atoms with Crippen LogP contribution in [0.3, 0.4) is 0 Å². The van der Waals surface area contributed by atoms with E-state index in [0.29, 0.717) is 24.5 Å². The Labute approximate surface area is 168 Å². The molecule has 1 fully saturated rings. The Morgan fingerprint density at radius 2 is 2.00 bits per heavy atom. The summed E-state index contributed by atoms with van der Waals surface area (Å²) in [6.45, 7) is 1.18. The normalized spacial score (nSPS) is 14.6. The molecule has 1 unspecified atom stereocenters. The first kappa shape index (κ1) is 18.7. The van der Waals surface area contributed by atoms with Crippen molar-refractivity contribution in [2.45, 2.75) is 18.9 Å². The van der Waals surface area contributed by atoms with Crippen molar-refractivity contribution >= 4 is 17.6 Å². The zero-order valence-electron chi connectivity index (χ0n) is 15.9. The lowest BCUT2D eigenvalue weighted by Crippen LogP contribution is -2.40. The molecule has 1 aromatic carbocycles. The fourth-order valence-corrected chi connectivity index (χ4v) is 3.36. The van der Waals surface area contributed by atoms with Gasteiger partial charge in [0.1, 0.15) is 0 Å². The minimum absolute atomic E-state index is 0.131. The zero-order valence-corrected chi connectivity index (χ0v) is 15.9. The summed E-state index contributed by atoms with van der Waals surface area (Å²) in [6, 6.07) is 14.4. The molecule has 2 N–H and O–H groups in total. The van der Waals surface area contributed by atoms with Crippen LogP contribution in [0.15, 0.2) is 67.1 Å². The number of carbonyl (C=O) groups excluding carboxylic acids is 2. The largest absolute Gasteiger partial charge is 0.340 e. The Morgan fingerprint density at radius 1 is 1.14 bits per heavy atom. The van der Waals surface area contributed by atoms with E-state index in [0.717, 1.165) is 18.5 Å². The van der Waals surface area contributed by atoms with Crippen LogP contribution in [0.4, 0.5) is 10.5 Å². The number of carbonyl (C=O) groups is 2. The van der Waals surface area contributed by atoms with Crippen LogP contribution in [0.5, 0.6) is 0 Å². The molecular weight excluding hydrogens is 368 g/mol. The average molecular weight is 390 g/mol. The highest BCUT2D eigenvalue weighted by atomic mass is 16.2. The maximum absolute atomic E-state index is 12.6. The maximum Gasteiger partial charge on any atom is 0.319 e. The first-order chi connectivity index (χ1) is 14.2. The molecule has 1 saturated heterocycles. The predicted molar refractivity (Wildman–Crippen MR) is 109 cm³/mol. The van der Waals surface area contributed by atoms with E-state index in [1.807, 2.05) is 36.4 Å². The number of hydrogen-bond acceptors (Lipinski definition) is 4. The topological polar surface area (TPSA) is 92.2 Å². The Bertz CT molecular complexity index is 957. The predicted octanol–water partition coefficient (Wildman–Crippen LogP) is 2.75. The van der Waals surface area contributed by atoms with Crippen LogP contribution in [0, 0.1) is 0 Å². The highest BCUT2D eigenvalue weighted by molar-refractivity contribution is 5.89. The Balaban J connectivity index is 1.42. The van der Waals surface area contributed by atoms with Crippen LogP contribution in [-0.4, -0.2) is 44.7 Å². The minimum atomic E-state index is -0.348. The number of pyridine rings is 1. The summed E-state index contributed by atoms with van der Waals surface area (Å²) in [5.41, 5.74) is 1.52. The van der Waals surface area contributed by atoms with Crippen LogP contribution in [-0.2, 0) is 4.79 Å². The molecule has 0 radical (unpaired) electrons. The van der Waals surface area contributed by atoms with E-state index >= 15 is 0 Å². The summed E-state index contributed by atoms with van der Waals surface area (Å²) in [5, 5.41) is 9.91. The Hall–Kier alpha value is -3.68. The third-order valence-corrected chi connectivity index (χ3v) is 4.83. The summed E-state index contributed by atoms with van der Waals surface area (Å²) in [4.78, 5) is 30.7. The van der Waals surface area contributed by atoms with Gasteiger partial charge < -0.3 is 15.5 Å². The van der Waals surface area contributed by atoms with Gasteiger partial charge in [0.25, 0.3) is 0 Å². The van der Waals surface area contributed by atoms with E-state index in [4.69, 9.17) is 0 Å². The molecule has 0 spiro atoms. The first-order valence-electron chi connectivity index (χ1n) is 9.55. The lowest BCUT2D eigenvalue weighted by atomic mass is 10.1. The molecule has 8 heteroatoms. The van der Waals surface area contributed by atoms with E-state index in [2.05, 4.69) is 20.7 Å². The van der Waals surface area contributed by atoms with Crippen molar-refractivity contribution in [1.82, 2.24) is 25.0 Å². The highest BCUT2D eigenvalue weighted by Gasteiger charge is 2.25. The van der Waals surface area contributed by atoms with Gasteiger partial charge in [0, 0.05) is 31.9 Å². The standard InChI is InChI=1S/C21H22N6O2/c28-20-8-4-12-26(20)15-18(16-6-2-1-3-7-16)25-21(29)24-17-9-10-19(22-14-17)27-13-5-11-23-27/h1-3,5-7,9-11,13-14,18H,4,8,12,15H2,(H2,24,25,29). The summed E-state index contributed by atoms with van der Waals surface area (Å²) in [6.07, 6.45) is 6.49. The fourth-order valence-electron chi connectivity index (χ4n) is 3.36. The van der Waals surface area contributed by atoms with Crippen LogP contribution < -0.4 is 10.6 Å². The van der Waals surface area contributed by atoms with Crippen molar-refractivity contribution in [2.75, 3.05) is 18.4 Å². The number of nitrogens with zero attached hydrogens (tertiary/aromatic N) is 4. The van der Waals surface area contributed by atoms with Gasteiger partial charge >= 0.3 is 6.03 Å². The zero-order chi connectivity index (χ0) is 20.1. The van der Waals surface area contributed by atoms with Crippen molar-refractivity contribution in [1.29, 1.82) is 0 Å². The highest BCUT2D eigenvalue weighted by Crippen LogP contribution is 2.19. The number of hydrogen-bond donors (Lipinski definition) is 2. The molecule has 0 saturated carbocycles. The first-order valence-corrected chi connectivity index (χ1v) is 9.55. The van der Waals surface area contributed by atoms with Crippen molar-refractivity contribution < 1.29 is 9.59 Å². The lowest BCUT2D eigenvalue weighted by molar-refractivity contribution is -0.128. The molecule has 0 aliphatic carbocycles. The molecule has 0 bridgehead atoms. The molecule has 1 atom stereocenters. The number of rotatable bonds is 6. The van der Waals surface area contributed by atoms with Gasteiger partial charge in [-0.1, -0.05) is 30.3 Å². The van der Waals surface area contributed by atoms with Crippen molar-refractivity contribution in [3.63, 3.8) is 0 Å². The van der Waals surface area contributed by atoms with Gasteiger partial charge in [-0.3, -0.25) is 4.79 Å². The smallest absolute Gasteiger partial charge is 0.319 e. The van der Waals surface area contributed by atoms with E-state index in [1.54, 1.807) is 40.3 Å². The average Bonchev–Trinajstić information content (AvgIpc) is 3.41. The number of anilines is 1. The number of amides is 3. The minimum Gasteiger partial charge on any atom is -0.340 e. The van der Waals surface area contributed by atoms with Crippen LogP contribution in [0.1, 0.15) is 24.4 Å². The van der Waals surface area contributed by atoms with Crippen LogP contribution in [0.25, 0.3) is 5.82 Å². The van der Waals surface area contributed by atoms with Gasteiger partial charge in [0.05, 0.1) is 17.9 Å². The fraction of sp³-hybridized carbons (Fsp3) is 0.238. The quantitative estimate of drug-likeness (QED) is 0.677. The number of benzene rings is 1. The molecule has 3 heterocycles. The molecule has 3 aromatic rings. The van der Waals surface area contributed by atoms with E-state index in [9.17, 15) is 9.59 Å². The molecule has 29 heavy (non-hydrogen) atoms. The second-order valence-electron chi connectivity index (χ2n) is 6.86. The van der Waals surface area contributed by atoms with Gasteiger partial charge in [-0.05, 0) is 30.2 Å². The molecule has 8 nitrogen and oxygen atoms in total. The maximum atomic E-state index is 12.6. The van der Waals surface area contributed by atoms with Gasteiger partial charge in [-0.25, -0.2) is 14.5 Å². The second kappa shape index (κ2) is 8.55. The van der Waals surface area contributed by atoms with Crippen molar-refractivity contribution in [3.8, 4) is 5.82 Å². The number of likely N-dealkylation sites (tertiary alicyclic amines) is 1. The SMILES string of the molecule is O=C(Nc1ccc(-n2cccn2)nc1)NC(CN1CCCC1=O)c1ccccc1.